The second-order valence-corrected chi connectivity index (χ2v) is 13.3. The first-order valence-corrected chi connectivity index (χ1v) is 14.5. The third-order valence-electron chi connectivity index (χ3n) is 7.90. The van der Waals surface area contributed by atoms with E-state index in [4.69, 9.17) is 4.74 Å². The van der Waals surface area contributed by atoms with Gasteiger partial charge in [0, 0.05) is 19.2 Å². The average molecular weight is 510 g/mol. The number of ether oxygens (including phenoxy) is 1. The van der Waals surface area contributed by atoms with Crippen LogP contribution in [0.25, 0.3) is 0 Å². The van der Waals surface area contributed by atoms with E-state index in [0.29, 0.717) is 30.5 Å². The molecular formula is C30H39NO4S. The Morgan fingerprint density at radius 3 is 2.44 bits per heavy atom. The van der Waals surface area contributed by atoms with E-state index in [1.165, 1.54) is 5.56 Å². The second kappa shape index (κ2) is 10.5. The van der Waals surface area contributed by atoms with Crippen molar-refractivity contribution in [1.29, 1.82) is 0 Å². The van der Waals surface area contributed by atoms with Gasteiger partial charge in [0.1, 0.15) is 0 Å². The van der Waals surface area contributed by atoms with Crippen LogP contribution in [0, 0.1) is 11.3 Å². The Kier molecular flexibility index (Phi) is 7.77. The highest BCUT2D eigenvalue weighted by molar-refractivity contribution is 7.89. The van der Waals surface area contributed by atoms with Gasteiger partial charge in [0.25, 0.3) is 0 Å². The fourth-order valence-corrected chi connectivity index (χ4v) is 7.40. The SMILES string of the molecule is CCOC(=O)/C=C1/CC[C@]2(Cc3ccccc3)CN(S(=O)(=O)c3ccc(C(C)(C)C)cc3)CC[C@H]2C1. The lowest BCUT2D eigenvalue weighted by Crippen LogP contribution is -2.53. The van der Waals surface area contributed by atoms with Gasteiger partial charge in [-0.2, -0.15) is 4.31 Å². The van der Waals surface area contributed by atoms with E-state index in [2.05, 4.69) is 32.9 Å². The summed E-state index contributed by atoms with van der Waals surface area (Å²) in [5, 5.41) is 0. The van der Waals surface area contributed by atoms with Crippen LogP contribution in [0.4, 0.5) is 0 Å². The number of nitrogens with zero attached hydrogens (tertiary/aromatic N) is 1. The summed E-state index contributed by atoms with van der Waals surface area (Å²) in [7, 11) is -3.60. The van der Waals surface area contributed by atoms with Crippen LogP contribution in [-0.2, 0) is 31.4 Å². The number of carbonyl (C=O) groups is 1. The van der Waals surface area contributed by atoms with E-state index in [9.17, 15) is 13.2 Å². The molecule has 36 heavy (non-hydrogen) atoms. The van der Waals surface area contributed by atoms with E-state index in [0.717, 1.165) is 43.2 Å². The molecule has 1 heterocycles. The average Bonchev–Trinajstić information content (AvgIpc) is 2.84. The normalized spacial score (nSPS) is 24.3. The molecule has 5 nitrogen and oxygen atoms in total. The molecule has 0 bridgehead atoms. The Bertz CT molecular complexity index is 1200. The minimum Gasteiger partial charge on any atom is -0.463 e. The van der Waals surface area contributed by atoms with Gasteiger partial charge in [0.15, 0.2) is 0 Å². The highest BCUT2D eigenvalue weighted by Crippen LogP contribution is 2.51. The first-order valence-electron chi connectivity index (χ1n) is 13.0. The number of sulfonamides is 1. The summed E-state index contributed by atoms with van der Waals surface area (Å²) >= 11 is 0. The van der Waals surface area contributed by atoms with Crippen LogP contribution in [0.3, 0.4) is 0 Å². The van der Waals surface area contributed by atoms with Crippen LogP contribution in [0.1, 0.15) is 64.5 Å². The molecule has 1 saturated heterocycles. The number of allylic oxidation sites excluding steroid dienone is 1. The zero-order chi connectivity index (χ0) is 26.0. The topological polar surface area (TPSA) is 63.7 Å². The molecule has 0 spiro atoms. The van der Waals surface area contributed by atoms with E-state index in [1.807, 2.05) is 37.3 Å². The molecular weight excluding hydrogens is 470 g/mol. The molecule has 194 valence electrons. The van der Waals surface area contributed by atoms with Gasteiger partial charge in [-0.15, -0.1) is 0 Å². The summed E-state index contributed by atoms with van der Waals surface area (Å²) in [6.45, 7) is 9.56. The second-order valence-electron chi connectivity index (χ2n) is 11.4. The van der Waals surface area contributed by atoms with E-state index >= 15 is 0 Å². The molecule has 4 rings (SSSR count). The maximum atomic E-state index is 13.8. The molecule has 2 aliphatic rings. The van der Waals surface area contributed by atoms with E-state index in [-0.39, 0.29) is 16.8 Å². The largest absolute Gasteiger partial charge is 0.463 e. The van der Waals surface area contributed by atoms with Crippen LogP contribution < -0.4 is 0 Å². The summed E-state index contributed by atoms with van der Waals surface area (Å²) in [5.74, 6) is 0.0450. The van der Waals surface area contributed by atoms with Gasteiger partial charge in [-0.1, -0.05) is 68.8 Å². The van der Waals surface area contributed by atoms with Crippen molar-refractivity contribution in [1.82, 2.24) is 4.31 Å². The van der Waals surface area contributed by atoms with Crippen LogP contribution in [0.2, 0.25) is 0 Å². The molecule has 2 aromatic rings. The van der Waals surface area contributed by atoms with Gasteiger partial charge in [0.2, 0.25) is 10.0 Å². The molecule has 0 aromatic heterocycles. The van der Waals surface area contributed by atoms with Gasteiger partial charge in [-0.3, -0.25) is 0 Å². The van der Waals surface area contributed by atoms with Gasteiger partial charge in [-0.05, 0) is 79.0 Å². The van der Waals surface area contributed by atoms with Gasteiger partial charge < -0.3 is 4.74 Å². The Morgan fingerprint density at radius 1 is 1.11 bits per heavy atom. The number of carbonyl (C=O) groups excluding carboxylic acids is 1. The minimum atomic E-state index is -3.60. The predicted molar refractivity (Wildman–Crippen MR) is 143 cm³/mol. The summed E-state index contributed by atoms with van der Waals surface area (Å²) in [6.07, 6.45) is 5.74. The summed E-state index contributed by atoms with van der Waals surface area (Å²) in [4.78, 5) is 12.4. The van der Waals surface area contributed by atoms with Crippen LogP contribution >= 0.6 is 0 Å². The molecule has 0 amide bonds. The summed E-state index contributed by atoms with van der Waals surface area (Å²) in [6, 6.07) is 17.8. The van der Waals surface area contributed by atoms with Gasteiger partial charge in [0.05, 0.1) is 11.5 Å². The van der Waals surface area contributed by atoms with Crippen molar-refractivity contribution in [2.24, 2.45) is 11.3 Å². The molecule has 0 N–H and O–H groups in total. The monoisotopic (exact) mass is 509 g/mol. The van der Waals surface area contributed by atoms with Gasteiger partial charge >= 0.3 is 5.97 Å². The minimum absolute atomic E-state index is 0.0305. The van der Waals surface area contributed by atoms with Crippen LogP contribution in [-0.4, -0.2) is 38.4 Å². The van der Waals surface area contributed by atoms with Crippen molar-refractivity contribution >= 4 is 16.0 Å². The standard InChI is InChI=1S/C30H39NO4S/c1-5-35-28(32)20-24-15-17-30(21-23-9-7-6-8-10-23)22-31(18-16-26(30)19-24)36(33,34)27-13-11-25(12-14-27)29(2,3)4/h6-14,20,26H,5,15-19,21-22H2,1-4H3/b24-20-/t26-,30-/m0/s1. The Hall–Kier alpha value is -2.44. The van der Waals surface area contributed by atoms with Crippen molar-refractivity contribution in [3.63, 3.8) is 0 Å². The number of hydrogen-bond acceptors (Lipinski definition) is 4. The van der Waals surface area contributed by atoms with Crippen molar-refractivity contribution in [3.05, 3.63) is 77.4 Å². The summed E-state index contributed by atoms with van der Waals surface area (Å²) < 4.78 is 34.4. The number of rotatable bonds is 6. The molecule has 1 aliphatic carbocycles. The zero-order valence-corrected chi connectivity index (χ0v) is 22.8. The quantitative estimate of drug-likeness (QED) is 0.359. The number of fused-ring (bicyclic) bond motifs is 1. The van der Waals surface area contributed by atoms with Crippen molar-refractivity contribution < 1.29 is 17.9 Å². The molecule has 0 unspecified atom stereocenters. The molecule has 1 saturated carbocycles. The number of benzene rings is 2. The molecule has 0 radical (unpaired) electrons. The molecule has 6 heteroatoms. The highest BCUT2D eigenvalue weighted by Gasteiger charge is 2.48. The lowest BCUT2D eigenvalue weighted by molar-refractivity contribution is -0.137. The lowest BCUT2D eigenvalue weighted by atomic mass is 9.59. The summed E-state index contributed by atoms with van der Waals surface area (Å²) in [5.41, 5.74) is 3.28. The predicted octanol–water partition coefficient (Wildman–Crippen LogP) is 5.90. The third-order valence-corrected chi connectivity index (χ3v) is 9.76. The Morgan fingerprint density at radius 2 is 1.81 bits per heavy atom. The van der Waals surface area contributed by atoms with E-state index in [1.54, 1.807) is 22.5 Å². The van der Waals surface area contributed by atoms with Gasteiger partial charge in [-0.25, -0.2) is 13.2 Å². The number of esters is 1. The smallest absolute Gasteiger partial charge is 0.330 e. The zero-order valence-electron chi connectivity index (χ0n) is 22.0. The fourth-order valence-electron chi connectivity index (χ4n) is 5.85. The maximum absolute atomic E-state index is 13.8. The van der Waals surface area contributed by atoms with E-state index < -0.39 is 10.0 Å². The molecule has 1 aliphatic heterocycles. The Balaban J connectivity index is 1.61. The first kappa shape index (κ1) is 26.6. The van der Waals surface area contributed by atoms with Crippen LogP contribution in [0.5, 0.6) is 0 Å². The first-order chi connectivity index (χ1) is 17.0. The maximum Gasteiger partial charge on any atom is 0.330 e. The fraction of sp³-hybridized carbons (Fsp3) is 0.500. The molecule has 2 aromatic carbocycles. The third kappa shape index (κ3) is 5.76. The molecule has 2 fully saturated rings. The van der Waals surface area contributed by atoms with Crippen LogP contribution in [0.15, 0.2) is 71.1 Å². The van der Waals surface area contributed by atoms with Crippen molar-refractivity contribution in [3.8, 4) is 0 Å². The number of piperidine rings is 1. The lowest BCUT2D eigenvalue weighted by Gasteiger charge is -2.51. The van der Waals surface area contributed by atoms with Crippen molar-refractivity contribution in [2.75, 3.05) is 19.7 Å². The van der Waals surface area contributed by atoms with Crippen molar-refractivity contribution in [2.45, 2.75) is 70.1 Å². The molecule has 2 atom stereocenters. The Labute approximate surface area is 216 Å². The highest BCUT2D eigenvalue weighted by atomic mass is 32.2. The number of hydrogen-bond donors (Lipinski definition) is 0.